The molecule has 0 aliphatic carbocycles. The second-order valence-electron chi connectivity index (χ2n) is 5.32. The summed E-state index contributed by atoms with van der Waals surface area (Å²) < 4.78 is 4.09. The van der Waals surface area contributed by atoms with E-state index in [9.17, 15) is 0 Å². The Morgan fingerprint density at radius 2 is 1.86 bits per heavy atom. The summed E-state index contributed by atoms with van der Waals surface area (Å²) >= 11 is 0. The molecule has 0 fully saturated rings. The molecule has 21 heavy (non-hydrogen) atoms. The summed E-state index contributed by atoms with van der Waals surface area (Å²) in [5.74, 6) is 0.919. The van der Waals surface area contributed by atoms with E-state index in [1.54, 1.807) is 0 Å². The van der Waals surface area contributed by atoms with E-state index >= 15 is 0 Å². The van der Waals surface area contributed by atoms with Crippen LogP contribution in [0.15, 0.2) is 24.5 Å². The van der Waals surface area contributed by atoms with Crippen molar-refractivity contribution < 1.29 is 0 Å². The number of aromatic nitrogens is 4. The summed E-state index contributed by atoms with van der Waals surface area (Å²) in [5.41, 5.74) is 1.19. The van der Waals surface area contributed by atoms with Crippen molar-refractivity contribution in [2.75, 3.05) is 5.32 Å². The van der Waals surface area contributed by atoms with Crippen LogP contribution < -0.4 is 5.32 Å². The standard InChI is InChI=1S/C15H25N5.ClH/c1-5-12(3)19-10-8-15(18-19)16-11-14-7-9-17-20(14)13(4)6-2;/h7-10,12-13H,5-6,11H2,1-4H3,(H,16,18);1H. The zero-order valence-corrected chi connectivity index (χ0v) is 14.1. The van der Waals surface area contributed by atoms with Gasteiger partial charge in [0.25, 0.3) is 0 Å². The fourth-order valence-electron chi connectivity index (χ4n) is 2.10. The van der Waals surface area contributed by atoms with Crippen molar-refractivity contribution >= 4 is 18.2 Å². The molecule has 2 rings (SSSR count). The Balaban J connectivity index is 0.00000220. The van der Waals surface area contributed by atoms with Gasteiger partial charge in [-0.1, -0.05) is 13.8 Å². The van der Waals surface area contributed by atoms with Crippen LogP contribution in [0.1, 0.15) is 58.3 Å². The van der Waals surface area contributed by atoms with Crippen molar-refractivity contribution in [2.45, 2.75) is 59.2 Å². The Bertz CT molecular complexity index is 534. The molecule has 2 atom stereocenters. The van der Waals surface area contributed by atoms with E-state index in [0.29, 0.717) is 12.1 Å². The minimum atomic E-state index is 0. The molecular weight excluding hydrogens is 286 g/mol. The lowest BCUT2D eigenvalue weighted by molar-refractivity contribution is 0.462. The van der Waals surface area contributed by atoms with E-state index in [0.717, 1.165) is 25.2 Å². The van der Waals surface area contributed by atoms with Gasteiger partial charge in [-0.2, -0.15) is 10.2 Å². The minimum Gasteiger partial charge on any atom is -0.363 e. The third-order valence-corrected chi connectivity index (χ3v) is 3.86. The van der Waals surface area contributed by atoms with E-state index in [2.05, 4.69) is 54.0 Å². The second kappa shape index (κ2) is 8.08. The lowest BCUT2D eigenvalue weighted by atomic mass is 10.2. The Morgan fingerprint density at radius 3 is 2.52 bits per heavy atom. The molecular formula is C15H26ClN5. The highest BCUT2D eigenvalue weighted by molar-refractivity contribution is 5.85. The molecule has 0 saturated carbocycles. The first kappa shape index (κ1) is 17.6. The van der Waals surface area contributed by atoms with Gasteiger partial charge >= 0.3 is 0 Å². The first-order valence-electron chi connectivity index (χ1n) is 7.47. The van der Waals surface area contributed by atoms with Gasteiger partial charge < -0.3 is 5.32 Å². The third-order valence-electron chi connectivity index (χ3n) is 3.86. The minimum absolute atomic E-state index is 0. The van der Waals surface area contributed by atoms with Gasteiger partial charge in [0.05, 0.1) is 12.2 Å². The van der Waals surface area contributed by atoms with Crippen LogP contribution in [-0.4, -0.2) is 19.6 Å². The van der Waals surface area contributed by atoms with Gasteiger partial charge in [0, 0.05) is 30.5 Å². The molecule has 0 spiro atoms. The summed E-state index contributed by atoms with van der Waals surface area (Å²) in [5, 5.41) is 12.3. The van der Waals surface area contributed by atoms with Gasteiger partial charge in [-0.05, 0) is 32.8 Å². The number of anilines is 1. The maximum atomic E-state index is 4.55. The molecule has 6 heteroatoms. The molecule has 2 aromatic rings. The number of nitrogens with one attached hydrogen (secondary N) is 1. The summed E-state index contributed by atoms with van der Waals surface area (Å²) in [6, 6.07) is 4.96. The lowest BCUT2D eigenvalue weighted by Crippen LogP contribution is -2.13. The molecule has 0 saturated heterocycles. The van der Waals surface area contributed by atoms with Gasteiger partial charge in [-0.15, -0.1) is 12.4 Å². The number of hydrogen-bond acceptors (Lipinski definition) is 3. The van der Waals surface area contributed by atoms with Crippen molar-refractivity contribution in [1.82, 2.24) is 19.6 Å². The molecule has 0 aliphatic heterocycles. The second-order valence-corrected chi connectivity index (χ2v) is 5.32. The third kappa shape index (κ3) is 4.24. The molecule has 0 bridgehead atoms. The highest BCUT2D eigenvalue weighted by atomic mass is 35.5. The largest absolute Gasteiger partial charge is 0.363 e. The average molecular weight is 312 g/mol. The number of nitrogens with zero attached hydrogens (tertiary/aromatic N) is 4. The van der Waals surface area contributed by atoms with Gasteiger partial charge in [0.15, 0.2) is 0 Å². The fraction of sp³-hybridized carbons (Fsp3) is 0.600. The summed E-state index contributed by atoms with van der Waals surface area (Å²) in [7, 11) is 0. The van der Waals surface area contributed by atoms with E-state index in [-0.39, 0.29) is 12.4 Å². The molecule has 0 amide bonds. The van der Waals surface area contributed by atoms with Crippen LogP contribution >= 0.6 is 12.4 Å². The Hall–Kier alpha value is -1.49. The van der Waals surface area contributed by atoms with Gasteiger partial charge in [-0.25, -0.2) is 0 Å². The highest BCUT2D eigenvalue weighted by Gasteiger charge is 2.09. The molecule has 0 radical (unpaired) electrons. The summed E-state index contributed by atoms with van der Waals surface area (Å²) in [6.07, 6.45) is 6.06. The number of rotatable bonds is 7. The predicted molar refractivity (Wildman–Crippen MR) is 89.0 cm³/mol. The molecule has 5 nitrogen and oxygen atoms in total. The zero-order valence-electron chi connectivity index (χ0n) is 13.3. The first-order valence-corrected chi connectivity index (χ1v) is 7.47. The molecule has 2 aromatic heterocycles. The van der Waals surface area contributed by atoms with Crippen LogP contribution in [0.3, 0.4) is 0 Å². The monoisotopic (exact) mass is 311 g/mol. The van der Waals surface area contributed by atoms with Crippen LogP contribution in [0, 0.1) is 0 Å². The summed E-state index contributed by atoms with van der Waals surface area (Å²) in [6.45, 7) is 9.46. The van der Waals surface area contributed by atoms with Crippen LogP contribution in [0.4, 0.5) is 5.82 Å². The first-order chi connectivity index (χ1) is 9.65. The van der Waals surface area contributed by atoms with Gasteiger partial charge in [0.1, 0.15) is 5.82 Å². The van der Waals surface area contributed by atoms with Crippen molar-refractivity contribution in [2.24, 2.45) is 0 Å². The van der Waals surface area contributed by atoms with Crippen molar-refractivity contribution in [3.63, 3.8) is 0 Å². The number of halogens is 1. The Morgan fingerprint density at radius 1 is 1.14 bits per heavy atom. The van der Waals surface area contributed by atoms with Gasteiger partial charge in [0.2, 0.25) is 0 Å². The average Bonchev–Trinajstić information content (AvgIpc) is 3.12. The van der Waals surface area contributed by atoms with Crippen molar-refractivity contribution in [3.05, 3.63) is 30.2 Å². The van der Waals surface area contributed by atoms with E-state index in [1.807, 2.05) is 23.1 Å². The maximum absolute atomic E-state index is 4.55. The highest BCUT2D eigenvalue weighted by Crippen LogP contribution is 2.15. The van der Waals surface area contributed by atoms with Crippen LogP contribution in [-0.2, 0) is 6.54 Å². The van der Waals surface area contributed by atoms with Crippen molar-refractivity contribution in [3.8, 4) is 0 Å². The quantitative estimate of drug-likeness (QED) is 0.839. The normalized spacial score (nSPS) is 13.5. The van der Waals surface area contributed by atoms with Crippen LogP contribution in [0.25, 0.3) is 0 Å². The lowest BCUT2D eigenvalue weighted by Gasteiger charge is -2.14. The Kier molecular flexibility index (Phi) is 6.75. The maximum Gasteiger partial charge on any atom is 0.148 e. The molecule has 0 aliphatic rings. The molecule has 2 unspecified atom stereocenters. The van der Waals surface area contributed by atoms with Gasteiger partial charge in [-0.3, -0.25) is 9.36 Å². The predicted octanol–water partition coefficient (Wildman–Crippen LogP) is 4.06. The van der Waals surface area contributed by atoms with E-state index in [4.69, 9.17) is 0 Å². The van der Waals surface area contributed by atoms with Crippen LogP contribution in [0.5, 0.6) is 0 Å². The van der Waals surface area contributed by atoms with E-state index < -0.39 is 0 Å². The SMILES string of the molecule is CCC(C)n1ccc(NCc2ccnn2C(C)CC)n1.Cl. The number of hydrogen-bond donors (Lipinski definition) is 1. The van der Waals surface area contributed by atoms with Crippen molar-refractivity contribution in [1.29, 1.82) is 0 Å². The van der Waals surface area contributed by atoms with E-state index in [1.165, 1.54) is 5.69 Å². The van der Waals surface area contributed by atoms with Crippen LogP contribution in [0.2, 0.25) is 0 Å². The molecule has 1 N–H and O–H groups in total. The topological polar surface area (TPSA) is 47.7 Å². The molecule has 118 valence electrons. The zero-order chi connectivity index (χ0) is 14.5. The molecule has 2 heterocycles. The molecule has 0 aromatic carbocycles. The fourth-order valence-corrected chi connectivity index (χ4v) is 2.10. The summed E-state index contributed by atoms with van der Waals surface area (Å²) in [4.78, 5) is 0. The smallest absolute Gasteiger partial charge is 0.148 e. The Labute approximate surface area is 133 Å².